The molecule has 1 saturated heterocycles. The molecule has 29 heavy (non-hydrogen) atoms. The smallest absolute Gasteiger partial charge is 0.226 e. The first kappa shape index (κ1) is 20.9. The Morgan fingerprint density at radius 1 is 1.03 bits per heavy atom. The molecule has 1 aromatic rings. The summed E-state index contributed by atoms with van der Waals surface area (Å²) in [5.41, 5.74) is 1.41. The fourth-order valence-corrected chi connectivity index (χ4v) is 7.45. The van der Waals surface area contributed by atoms with Gasteiger partial charge in [-0.15, -0.1) is 0 Å². The number of hydrogen-bond donors (Lipinski definition) is 2. The molecule has 2 N–H and O–H groups in total. The lowest BCUT2D eigenvalue weighted by Crippen LogP contribution is -2.56. The highest BCUT2D eigenvalue weighted by Gasteiger charge is 2.54. The minimum absolute atomic E-state index is 0.181. The Balaban J connectivity index is 0.000000994. The van der Waals surface area contributed by atoms with Gasteiger partial charge in [-0.2, -0.15) is 0 Å². The lowest BCUT2D eigenvalue weighted by atomic mass is 9.50. The highest BCUT2D eigenvalue weighted by molar-refractivity contribution is 5.83. The number of nitrogens with one attached hydrogen (secondary N) is 2. The van der Waals surface area contributed by atoms with E-state index in [1.165, 1.54) is 37.7 Å². The van der Waals surface area contributed by atoms with Gasteiger partial charge >= 0.3 is 0 Å². The van der Waals surface area contributed by atoms with Crippen LogP contribution in [0.2, 0.25) is 0 Å². The first-order valence-corrected chi connectivity index (χ1v) is 12.1. The normalized spacial score (nSPS) is 42.7. The van der Waals surface area contributed by atoms with Crippen molar-refractivity contribution >= 4 is 5.91 Å². The number of benzene rings is 1. The summed E-state index contributed by atoms with van der Waals surface area (Å²) in [6.45, 7) is 9.81. The second kappa shape index (κ2) is 8.06. The van der Waals surface area contributed by atoms with Crippen molar-refractivity contribution in [2.75, 3.05) is 6.54 Å². The highest BCUT2D eigenvalue weighted by Crippen LogP contribution is 2.58. The van der Waals surface area contributed by atoms with Crippen LogP contribution in [0.3, 0.4) is 0 Å². The third-order valence-corrected chi connectivity index (χ3v) is 8.20. The molecule has 7 unspecified atom stereocenters. The SMILES string of the molecule is CC.CC1CC2CC(C)(C(=O)NC3CC4CNC3C4)CC(c3ccccc3)(C1)C2. The molecule has 3 aliphatic carbocycles. The van der Waals surface area contributed by atoms with Gasteiger partial charge in [-0.1, -0.05) is 58.0 Å². The Kier molecular flexibility index (Phi) is 5.81. The second-order valence-corrected chi connectivity index (χ2v) is 10.6. The van der Waals surface area contributed by atoms with E-state index >= 15 is 0 Å². The molecule has 1 aliphatic heterocycles. The molecular formula is C26H40N2O. The van der Waals surface area contributed by atoms with Crippen LogP contribution >= 0.6 is 0 Å². The summed E-state index contributed by atoms with van der Waals surface area (Å²) in [6, 6.07) is 11.9. The predicted molar refractivity (Wildman–Crippen MR) is 120 cm³/mol. The third-order valence-electron chi connectivity index (χ3n) is 8.20. The van der Waals surface area contributed by atoms with Crippen molar-refractivity contribution < 1.29 is 4.79 Å². The van der Waals surface area contributed by atoms with Gasteiger partial charge in [0.2, 0.25) is 5.91 Å². The van der Waals surface area contributed by atoms with Crippen molar-refractivity contribution in [1.82, 2.24) is 10.6 Å². The first-order valence-electron chi connectivity index (χ1n) is 12.1. The molecule has 3 heteroatoms. The molecule has 0 radical (unpaired) electrons. The van der Waals surface area contributed by atoms with E-state index in [1.807, 2.05) is 13.8 Å². The van der Waals surface area contributed by atoms with Crippen molar-refractivity contribution in [3.05, 3.63) is 35.9 Å². The van der Waals surface area contributed by atoms with E-state index < -0.39 is 0 Å². The standard InChI is InChI=1S/C24H34N2O.C2H6/c1-16-8-18-12-23(2,22(27)26-21-10-17-9-20(21)25-14-17)15-24(11-16,13-18)19-6-4-3-5-7-19;1-2/h3-7,16-18,20-21,25H,8-15H2,1-2H3,(H,26,27);1-2H3. The second-order valence-electron chi connectivity index (χ2n) is 10.6. The fraction of sp³-hybridized carbons (Fsp3) is 0.731. The summed E-state index contributed by atoms with van der Waals surface area (Å²) in [5, 5.41) is 7.08. The molecule has 3 nitrogen and oxygen atoms in total. The monoisotopic (exact) mass is 396 g/mol. The van der Waals surface area contributed by atoms with E-state index in [0.29, 0.717) is 23.9 Å². The quantitative estimate of drug-likeness (QED) is 0.750. The average Bonchev–Trinajstić information content (AvgIpc) is 3.32. The highest BCUT2D eigenvalue weighted by atomic mass is 16.2. The van der Waals surface area contributed by atoms with Gasteiger partial charge in [0.15, 0.2) is 0 Å². The van der Waals surface area contributed by atoms with Crippen LogP contribution in [0.5, 0.6) is 0 Å². The van der Waals surface area contributed by atoms with E-state index in [9.17, 15) is 4.79 Å². The minimum atomic E-state index is -0.235. The van der Waals surface area contributed by atoms with E-state index in [-0.39, 0.29) is 10.8 Å². The molecule has 4 aliphatic rings. The molecule has 0 aromatic heterocycles. The maximum atomic E-state index is 13.5. The molecule has 7 atom stereocenters. The maximum Gasteiger partial charge on any atom is 0.226 e. The summed E-state index contributed by atoms with van der Waals surface area (Å²) in [7, 11) is 0. The van der Waals surface area contributed by atoms with Gasteiger partial charge in [0.05, 0.1) is 0 Å². The van der Waals surface area contributed by atoms with Crippen LogP contribution < -0.4 is 10.6 Å². The molecule has 1 aromatic carbocycles. The van der Waals surface area contributed by atoms with Gasteiger partial charge in [0.1, 0.15) is 0 Å². The maximum absolute atomic E-state index is 13.5. The van der Waals surface area contributed by atoms with Crippen LogP contribution in [-0.2, 0) is 10.2 Å². The minimum Gasteiger partial charge on any atom is -0.351 e. The molecular weight excluding hydrogens is 356 g/mol. The number of amides is 1. The fourth-order valence-electron chi connectivity index (χ4n) is 7.45. The van der Waals surface area contributed by atoms with Crippen molar-refractivity contribution in [3.63, 3.8) is 0 Å². The Morgan fingerprint density at radius 3 is 2.45 bits per heavy atom. The Bertz CT molecular complexity index is 715. The van der Waals surface area contributed by atoms with Crippen molar-refractivity contribution in [1.29, 1.82) is 0 Å². The number of fused-ring (bicyclic) bond motifs is 4. The zero-order valence-electron chi connectivity index (χ0n) is 18.8. The molecule has 1 amide bonds. The summed E-state index contributed by atoms with van der Waals surface area (Å²) in [4.78, 5) is 13.5. The first-order chi connectivity index (χ1) is 14.0. The van der Waals surface area contributed by atoms with E-state index in [1.54, 1.807) is 0 Å². The van der Waals surface area contributed by atoms with Gasteiger partial charge in [0, 0.05) is 17.5 Å². The molecule has 160 valence electrons. The summed E-state index contributed by atoms with van der Waals surface area (Å²) < 4.78 is 0. The van der Waals surface area contributed by atoms with Crippen molar-refractivity contribution in [3.8, 4) is 0 Å². The van der Waals surface area contributed by atoms with Gasteiger partial charge in [-0.3, -0.25) is 4.79 Å². The average molecular weight is 397 g/mol. The molecule has 0 spiro atoms. The topological polar surface area (TPSA) is 41.1 Å². The number of hydrogen-bond acceptors (Lipinski definition) is 2. The molecule has 1 heterocycles. The Hall–Kier alpha value is -1.35. The van der Waals surface area contributed by atoms with E-state index in [4.69, 9.17) is 0 Å². The largest absolute Gasteiger partial charge is 0.351 e. The van der Waals surface area contributed by atoms with Crippen LogP contribution in [0.1, 0.15) is 78.2 Å². The number of piperidine rings is 1. The number of carbonyl (C=O) groups excluding carboxylic acids is 1. The lowest BCUT2D eigenvalue weighted by Gasteiger charge is -2.54. The molecule has 4 fully saturated rings. The number of rotatable bonds is 3. The van der Waals surface area contributed by atoms with Crippen LogP contribution in [0.4, 0.5) is 0 Å². The van der Waals surface area contributed by atoms with Crippen molar-refractivity contribution in [2.24, 2.45) is 23.2 Å². The molecule has 3 saturated carbocycles. The number of carbonyl (C=O) groups is 1. The Labute approximate surface area is 177 Å². The van der Waals surface area contributed by atoms with Crippen molar-refractivity contribution in [2.45, 2.75) is 90.1 Å². The third kappa shape index (κ3) is 3.87. The zero-order chi connectivity index (χ0) is 20.6. The summed E-state index contributed by atoms with van der Waals surface area (Å²) >= 11 is 0. The summed E-state index contributed by atoms with van der Waals surface area (Å²) in [6.07, 6.45) is 8.26. The summed E-state index contributed by atoms with van der Waals surface area (Å²) in [5.74, 6) is 2.53. The molecule has 4 bridgehead atoms. The van der Waals surface area contributed by atoms with Gasteiger partial charge in [0.25, 0.3) is 0 Å². The van der Waals surface area contributed by atoms with Crippen LogP contribution in [0, 0.1) is 23.2 Å². The van der Waals surface area contributed by atoms with E-state index in [2.05, 4.69) is 54.8 Å². The van der Waals surface area contributed by atoms with Gasteiger partial charge < -0.3 is 10.6 Å². The molecule has 5 rings (SSSR count). The zero-order valence-corrected chi connectivity index (χ0v) is 18.8. The van der Waals surface area contributed by atoms with Crippen LogP contribution in [0.15, 0.2) is 30.3 Å². The van der Waals surface area contributed by atoms with Gasteiger partial charge in [-0.25, -0.2) is 0 Å². The Morgan fingerprint density at radius 2 is 1.79 bits per heavy atom. The van der Waals surface area contributed by atoms with E-state index in [0.717, 1.165) is 31.2 Å². The van der Waals surface area contributed by atoms with Crippen LogP contribution in [0.25, 0.3) is 0 Å². The predicted octanol–water partition coefficient (Wildman–Crippen LogP) is 5.05. The van der Waals surface area contributed by atoms with Crippen LogP contribution in [-0.4, -0.2) is 24.5 Å². The van der Waals surface area contributed by atoms with Gasteiger partial charge in [-0.05, 0) is 80.2 Å². The lowest BCUT2D eigenvalue weighted by molar-refractivity contribution is -0.137.